The second-order valence-corrected chi connectivity index (χ2v) is 11.6. The summed E-state index contributed by atoms with van der Waals surface area (Å²) in [6.07, 6.45) is 5.40. The molecule has 0 aliphatic heterocycles. The fourth-order valence-corrected chi connectivity index (χ4v) is 6.76. The van der Waals surface area contributed by atoms with E-state index in [0.29, 0.717) is 5.56 Å². The normalized spacial score (nSPS) is 17.5. The number of carbonyl (C=O) groups excluding carboxylic acids is 1. The first-order valence-electron chi connectivity index (χ1n) is 11.1. The first-order chi connectivity index (χ1) is 15.3. The van der Waals surface area contributed by atoms with Gasteiger partial charge in [-0.3, -0.25) is 0 Å². The first-order valence-corrected chi connectivity index (χ1v) is 12.3. The molecule has 0 spiro atoms. The highest BCUT2D eigenvalue weighted by molar-refractivity contribution is 7.97. The van der Waals surface area contributed by atoms with Gasteiger partial charge in [-0.2, -0.15) is 0 Å². The molecular weight excluding hydrogens is 412 g/mol. The van der Waals surface area contributed by atoms with E-state index in [4.69, 9.17) is 4.74 Å². The van der Waals surface area contributed by atoms with Crippen LogP contribution in [0.3, 0.4) is 0 Å². The number of ether oxygens (including phenoxy) is 1. The maximum absolute atomic E-state index is 13.0. The van der Waals surface area contributed by atoms with Crippen LogP contribution in [0.2, 0.25) is 0 Å². The van der Waals surface area contributed by atoms with Crippen molar-refractivity contribution in [1.82, 2.24) is 0 Å². The predicted octanol–water partition coefficient (Wildman–Crippen LogP) is 7.32. The fraction of sp³-hybridized carbons (Fsp3) is 0.276. The standard InChI is InChI=1S/C29H31O2S/c1-28(2)21-11-16-26(28)29(3,4)31-27(30)22-17-19-25(20-18-22)32(23-12-7-5-8-13-23)24-14-9-6-10-15-24/h5-20,26H,21H2,1-4H3/q+1. The maximum atomic E-state index is 13.0. The molecule has 0 amide bonds. The zero-order valence-electron chi connectivity index (χ0n) is 19.2. The third-order valence-electron chi connectivity index (χ3n) is 6.20. The lowest BCUT2D eigenvalue weighted by molar-refractivity contribution is -0.0419. The Morgan fingerprint density at radius 3 is 1.81 bits per heavy atom. The summed E-state index contributed by atoms with van der Waals surface area (Å²) in [7, 11) is -0.229. The minimum Gasteiger partial charge on any atom is -0.455 e. The van der Waals surface area contributed by atoms with Gasteiger partial charge in [-0.25, -0.2) is 4.79 Å². The Morgan fingerprint density at radius 1 is 0.844 bits per heavy atom. The Bertz CT molecular complexity index is 1040. The first kappa shape index (κ1) is 22.4. The van der Waals surface area contributed by atoms with Crippen LogP contribution >= 0.6 is 0 Å². The lowest BCUT2D eigenvalue weighted by Gasteiger charge is -2.39. The summed E-state index contributed by atoms with van der Waals surface area (Å²) in [5.41, 5.74) is 0.115. The van der Waals surface area contributed by atoms with E-state index in [1.54, 1.807) is 0 Å². The predicted molar refractivity (Wildman–Crippen MR) is 132 cm³/mol. The van der Waals surface area contributed by atoms with Crippen LogP contribution in [0, 0.1) is 11.3 Å². The molecule has 3 aromatic carbocycles. The van der Waals surface area contributed by atoms with E-state index in [9.17, 15) is 4.79 Å². The molecule has 0 aromatic heterocycles. The molecule has 32 heavy (non-hydrogen) atoms. The number of benzene rings is 3. The molecule has 0 heterocycles. The highest BCUT2D eigenvalue weighted by Gasteiger charge is 2.43. The maximum Gasteiger partial charge on any atom is 0.338 e. The van der Waals surface area contributed by atoms with E-state index in [-0.39, 0.29) is 28.2 Å². The number of esters is 1. The van der Waals surface area contributed by atoms with Crippen molar-refractivity contribution in [2.45, 2.75) is 54.4 Å². The second-order valence-electron chi connectivity index (χ2n) is 9.55. The smallest absolute Gasteiger partial charge is 0.338 e. The average molecular weight is 444 g/mol. The van der Waals surface area contributed by atoms with Crippen LogP contribution < -0.4 is 0 Å². The molecule has 1 aliphatic rings. The third kappa shape index (κ3) is 4.68. The van der Waals surface area contributed by atoms with Gasteiger partial charge >= 0.3 is 5.97 Å². The number of hydrogen-bond donors (Lipinski definition) is 0. The average Bonchev–Trinajstić information content (AvgIpc) is 3.16. The molecule has 1 atom stereocenters. The van der Waals surface area contributed by atoms with Crippen molar-refractivity contribution in [2.75, 3.05) is 0 Å². The van der Waals surface area contributed by atoms with E-state index in [1.807, 2.05) is 38.1 Å². The summed E-state index contributed by atoms with van der Waals surface area (Å²) < 4.78 is 6.03. The monoisotopic (exact) mass is 443 g/mol. The zero-order chi connectivity index (χ0) is 22.8. The molecule has 0 fully saturated rings. The Balaban J connectivity index is 1.57. The van der Waals surface area contributed by atoms with Crippen LogP contribution in [0.1, 0.15) is 44.5 Å². The van der Waals surface area contributed by atoms with Crippen molar-refractivity contribution in [3.05, 3.63) is 103 Å². The van der Waals surface area contributed by atoms with Crippen molar-refractivity contribution in [3.63, 3.8) is 0 Å². The Morgan fingerprint density at radius 2 is 1.34 bits per heavy atom. The summed E-state index contributed by atoms with van der Waals surface area (Å²) >= 11 is 0. The van der Waals surface area contributed by atoms with Gasteiger partial charge in [0.1, 0.15) is 5.60 Å². The lowest BCUT2D eigenvalue weighted by Crippen LogP contribution is -2.41. The van der Waals surface area contributed by atoms with Crippen LogP contribution in [0.15, 0.2) is 112 Å². The quantitative estimate of drug-likeness (QED) is 0.227. The molecule has 0 radical (unpaired) electrons. The van der Waals surface area contributed by atoms with Gasteiger partial charge in [-0.15, -0.1) is 0 Å². The molecule has 3 heteroatoms. The van der Waals surface area contributed by atoms with Crippen LogP contribution in [-0.4, -0.2) is 11.6 Å². The fourth-order valence-electron chi connectivity index (χ4n) is 4.68. The molecule has 1 aliphatic carbocycles. The van der Waals surface area contributed by atoms with Gasteiger partial charge < -0.3 is 4.74 Å². The van der Waals surface area contributed by atoms with Crippen molar-refractivity contribution in [1.29, 1.82) is 0 Å². The lowest BCUT2D eigenvalue weighted by atomic mass is 9.73. The van der Waals surface area contributed by atoms with Crippen LogP contribution in [0.4, 0.5) is 0 Å². The van der Waals surface area contributed by atoms with Gasteiger partial charge in [-0.05, 0) is 74.2 Å². The Labute approximate surface area is 194 Å². The second kappa shape index (κ2) is 8.99. The van der Waals surface area contributed by atoms with E-state index < -0.39 is 5.60 Å². The van der Waals surface area contributed by atoms with Crippen molar-refractivity contribution in [2.24, 2.45) is 11.3 Å². The van der Waals surface area contributed by atoms with Gasteiger partial charge in [0.2, 0.25) is 0 Å². The van der Waals surface area contributed by atoms with Crippen LogP contribution in [-0.2, 0) is 15.6 Å². The highest BCUT2D eigenvalue weighted by atomic mass is 32.2. The Kier molecular flexibility index (Phi) is 6.30. The molecule has 0 N–H and O–H groups in total. The molecule has 1 unspecified atom stereocenters. The third-order valence-corrected chi connectivity index (χ3v) is 8.43. The number of hydrogen-bond acceptors (Lipinski definition) is 2. The summed E-state index contributed by atoms with van der Waals surface area (Å²) in [4.78, 5) is 16.7. The Hall–Kier alpha value is -2.78. The van der Waals surface area contributed by atoms with Gasteiger partial charge in [0, 0.05) is 5.92 Å². The summed E-state index contributed by atoms with van der Waals surface area (Å²) in [6.45, 7) is 8.50. The molecular formula is C29H31O2S+. The van der Waals surface area contributed by atoms with Crippen molar-refractivity contribution < 1.29 is 9.53 Å². The SMILES string of the molecule is CC1(C)CC=CC1C(C)(C)OC(=O)c1ccc([S+](c2ccccc2)c2ccccc2)cc1. The van der Waals surface area contributed by atoms with Gasteiger partial charge in [0.05, 0.1) is 16.5 Å². The zero-order valence-corrected chi connectivity index (χ0v) is 20.1. The summed E-state index contributed by atoms with van der Waals surface area (Å²) in [5, 5.41) is 0. The molecule has 0 bridgehead atoms. The minimum atomic E-state index is -0.565. The topological polar surface area (TPSA) is 26.3 Å². The molecule has 3 aromatic rings. The van der Waals surface area contributed by atoms with E-state index >= 15 is 0 Å². The number of allylic oxidation sites excluding steroid dienone is 1. The highest BCUT2D eigenvalue weighted by Crippen LogP contribution is 2.45. The van der Waals surface area contributed by atoms with Crippen molar-refractivity contribution in [3.8, 4) is 0 Å². The van der Waals surface area contributed by atoms with Crippen molar-refractivity contribution >= 4 is 16.9 Å². The van der Waals surface area contributed by atoms with Crippen LogP contribution in [0.25, 0.3) is 0 Å². The van der Waals surface area contributed by atoms with E-state index in [2.05, 4.69) is 86.7 Å². The van der Waals surface area contributed by atoms with E-state index in [0.717, 1.165) is 6.42 Å². The number of rotatable bonds is 6. The van der Waals surface area contributed by atoms with Crippen LogP contribution in [0.5, 0.6) is 0 Å². The molecule has 0 saturated carbocycles. The summed E-state index contributed by atoms with van der Waals surface area (Å²) in [6, 6.07) is 29.0. The summed E-state index contributed by atoms with van der Waals surface area (Å²) in [5.74, 6) is -0.0720. The minimum absolute atomic E-state index is 0.0906. The van der Waals surface area contributed by atoms with Gasteiger partial charge in [-0.1, -0.05) is 62.4 Å². The van der Waals surface area contributed by atoms with Gasteiger partial charge in [0.25, 0.3) is 0 Å². The molecule has 0 saturated heterocycles. The number of carbonyl (C=O) groups is 1. The van der Waals surface area contributed by atoms with E-state index in [1.165, 1.54) is 14.7 Å². The molecule has 2 nitrogen and oxygen atoms in total. The molecule has 4 rings (SSSR count). The molecule has 164 valence electrons. The largest absolute Gasteiger partial charge is 0.455 e. The van der Waals surface area contributed by atoms with Gasteiger partial charge in [0.15, 0.2) is 14.7 Å².